The molecule has 1 heterocycles. The van der Waals surface area contributed by atoms with Crippen LogP contribution in [0.25, 0.3) is 22.0 Å². The summed E-state index contributed by atoms with van der Waals surface area (Å²) in [6.45, 7) is 2.25. The standard InChI is InChI=1S/C20H19F2NO3/c1-4-9-26-16-10-15(21)18(22)17-19(16)23(2)11-14(20(17)24)12-5-7-13(25-3)8-6-12/h5-8,10-11H,4,9H2,1-3H3. The monoisotopic (exact) mass is 359 g/mol. The molecule has 1 aromatic heterocycles. The van der Waals surface area contributed by atoms with Crippen LogP contribution in [0.15, 0.2) is 41.3 Å². The van der Waals surface area contributed by atoms with Crippen LogP contribution in [0.1, 0.15) is 13.3 Å². The third-order valence-corrected chi connectivity index (χ3v) is 4.17. The Morgan fingerprint density at radius 2 is 1.85 bits per heavy atom. The summed E-state index contributed by atoms with van der Waals surface area (Å²) in [6, 6.07) is 7.80. The van der Waals surface area contributed by atoms with E-state index in [0.29, 0.717) is 24.3 Å². The SMILES string of the molecule is CCCOc1cc(F)c(F)c2c(=O)c(-c3ccc(OC)cc3)cn(C)c12. The maximum Gasteiger partial charge on any atom is 0.200 e. The van der Waals surface area contributed by atoms with Crippen molar-refractivity contribution in [2.45, 2.75) is 13.3 Å². The Hall–Kier alpha value is -2.89. The van der Waals surface area contributed by atoms with E-state index in [1.54, 1.807) is 49.2 Å². The van der Waals surface area contributed by atoms with E-state index in [-0.39, 0.29) is 22.2 Å². The van der Waals surface area contributed by atoms with Gasteiger partial charge in [-0.1, -0.05) is 19.1 Å². The summed E-state index contributed by atoms with van der Waals surface area (Å²) in [4.78, 5) is 12.9. The minimum atomic E-state index is -1.17. The van der Waals surface area contributed by atoms with Gasteiger partial charge in [-0.25, -0.2) is 8.78 Å². The molecule has 136 valence electrons. The molecule has 3 rings (SSSR count). The molecule has 26 heavy (non-hydrogen) atoms. The third kappa shape index (κ3) is 3.03. The Bertz CT molecular complexity index is 1010. The number of methoxy groups -OCH3 is 1. The van der Waals surface area contributed by atoms with Gasteiger partial charge in [0, 0.05) is 24.9 Å². The molecule has 0 bridgehead atoms. The van der Waals surface area contributed by atoms with Crippen molar-refractivity contribution < 1.29 is 18.3 Å². The van der Waals surface area contributed by atoms with Gasteiger partial charge in [-0.05, 0) is 24.1 Å². The summed E-state index contributed by atoms with van der Waals surface area (Å²) >= 11 is 0. The van der Waals surface area contributed by atoms with Crippen LogP contribution < -0.4 is 14.9 Å². The fraction of sp³-hybridized carbons (Fsp3) is 0.250. The molecule has 0 aliphatic carbocycles. The maximum atomic E-state index is 14.5. The van der Waals surface area contributed by atoms with E-state index in [0.717, 1.165) is 6.07 Å². The lowest BCUT2D eigenvalue weighted by Crippen LogP contribution is -2.14. The van der Waals surface area contributed by atoms with E-state index in [2.05, 4.69) is 0 Å². The van der Waals surface area contributed by atoms with Gasteiger partial charge in [-0.3, -0.25) is 4.79 Å². The summed E-state index contributed by atoms with van der Waals surface area (Å²) in [5.74, 6) is -1.48. The summed E-state index contributed by atoms with van der Waals surface area (Å²) in [7, 11) is 3.21. The van der Waals surface area contributed by atoms with Crippen molar-refractivity contribution in [3.63, 3.8) is 0 Å². The fourth-order valence-electron chi connectivity index (χ4n) is 2.90. The van der Waals surface area contributed by atoms with E-state index in [4.69, 9.17) is 9.47 Å². The number of aryl methyl sites for hydroxylation is 1. The second-order valence-electron chi connectivity index (χ2n) is 5.95. The lowest BCUT2D eigenvalue weighted by Gasteiger charge is -2.15. The number of pyridine rings is 1. The van der Waals surface area contributed by atoms with Crippen molar-refractivity contribution in [3.8, 4) is 22.6 Å². The smallest absolute Gasteiger partial charge is 0.200 e. The second kappa shape index (κ2) is 7.15. The Kier molecular flexibility index (Phi) is 4.93. The highest BCUT2D eigenvalue weighted by atomic mass is 19.2. The van der Waals surface area contributed by atoms with Gasteiger partial charge in [0.15, 0.2) is 17.1 Å². The fourth-order valence-corrected chi connectivity index (χ4v) is 2.90. The van der Waals surface area contributed by atoms with Crippen molar-refractivity contribution >= 4 is 10.9 Å². The number of benzene rings is 2. The average molecular weight is 359 g/mol. The number of hydrogen-bond acceptors (Lipinski definition) is 3. The molecule has 6 heteroatoms. The molecule has 2 aromatic carbocycles. The third-order valence-electron chi connectivity index (χ3n) is 4.17. The van der Waals surface area contributed by atoms with E-state index in [1.807, 2.05) is 6.92 Å². The first-order valence-electron chi connectivity index (χ1n) is 8.26. The van der Waals surface area contributed by atoms with E-state index < -0.39 is 17.1 Å². The number of hydrogen-bond donors (Lipinski definition) is 0. The van der Waals surface area contributed by atoms with Gasteiger partial charge >= 0.3 is 0 Å². The predicted octanol–water partition coefficient (Wildman–Crippen LogP) is 4.28. The zero-order chi connectivity index (χ0) is 18.8. The molecular weight excluding hydrogens is 340 g/mol. The molecule has 0 fully saturated rings. The largest absolute Gasteiger partial charge is 0.497 e. The van der Waals surface area contributed by atoms with Crippen LogP contribution in [0.3, 0.4) is 0 Å². The molecule has 0 N–H and O–H groups in total. The first kappa shape index (κ1) is 17.9. The van der Waals surface area contributed by atoms with Crippen LogP contribution in [0.4, 0.5) is 8.78 Å². The molecule has 0 radical (unpaired) electrons. The molecule has 3 aromatic rings. The van der Waals surface area contributed by atoms with Gasteiger partial charge in [-0.2, -0.15) is 0 Å². The normalized spacial score (nSPS) is 11.0. The van der Waals surface area contributed by atoms with Crippen molar-refractivity contribution in [2.75, 3.05) is 13.7 Å². The molecule has 0 aliphatic heterocycles. The van der Waals surface area contributed by atoms with Crippen LogP contribution in [0.2, 0.25) is 0 Å². The molecular formula is C20H19F2NO3. The van der Waals surface area contributed by atoms with Crippen LogP contribution in [-0.4, -0.2) is 18.3 Å². The van der Waals surface area contributed by atoms with Gasteiger partial charge in [0.1, 0.15) is 11.5 Å². The van der Waals surface area contributed by atoms with E-state index in [1.165, 1.54) is 0 Å². The summed E-state index contributed by atoms with van der Waals surface area (Å²) in [5, 5.41) is -0.313. The Labute approximate surface area is 149 Å². The minimum absolute atomic E-state index is 0.154. The van der Waals surface area contributed by atoms with Crippen molar-refractivity contribution in [3.05, 3.63) is 58.4 Å². The van der Waals surface area contributed by atoms with E-state index in [9.17, 15) is 13.6 Å². The number of nitrogens with zero attached hydrogens (tertiary/aromatic N) is 1. The average Bonchev–Trinajstić information content (AvgIpc) is 2.65. The first-order chi connectivity index (χ1) is 12.5. The molecule has 0 atom stereocenters. The molecule has 4 nitrogen and oxygen atoms in total. The highest BCUT2D eigenvalue weighted by Crippen LogP contribution is 2.30. The Balaban J connectivity index is 2.30. The van der Waals surface area contributed by atoms with Crippen LogP contribution >= 0.6 is 0 Å². The maximum absolute atomic E-state index is 14.5. The zero-order valence-electron chi connectivity index (χ0n) is 14.8. The molecule has 0 aliphatic rings. The molecule has 0 spiro atoms. The quantitative estimate of drug-likeness (QED) is 0.683. The molecule has 0 saturated heterocycles. The Morgan fingerprint density at radius 3 is 2.46 bits per heavy atom. The topological polar surface area (TPSA) is 40.5 Å². The zero-order valence-corrected chi connectivity index (χ0v) is 14.8. The van der Waals surface area contributed by atoms with Crippen LogP contribution in [0, 0.1) is 11.6 Å². The van der Waals surface area contributed by atoms with Crippen molar-refractivity contribution in [1.29, 1.82) is 0 Å². The number of rotatable bonds is 5. The number of fused-ring (bicyclic) bond motifs is 1. The van der Waals surface area contributed by atoms with Crippen LogP contribution in [0.5, 0.6) is 11.5 Å². The lowest BCUT2D eigenvalue weighted by atomic mass is 10.0. The van der Waals surface area contributed by atoms with Crippen molar-refractivity contribution in [2.24, 2.45) is 7.05 Å². The van der Waals surface area contributed by atoms with Gasteiger partial charge in [0.2, 0.25) is 0 Å². The Morgan fingerprint density at radius 1 is 1.15 bits per heavy atom. The highest BCUT2D eigenvalue weighted by molar-refractivity contribution is 5.89. The summed E-state index contributed by atoms with van der Waals surface area (Å²) in [5.41, 5.74) is 0.516. The van der Waals surface area contributed by atoms with Gasteiger partial charge in [0.25, 0.3) is 0 Å². The number of halogens is 2. The van der Waals surface area contributed by atoms with Gasteiger partial charge < -0.3 is 14.0 Å². The molecule has 0 unspecified atom stereocenters. The predicted molar refractivity (Wildman–Crippen MR) is 96.9 cm³/mol. The lowest BCUT2D eigenvalue weighted by molar-refractivity contribution is 0.317. The first-order valence-corrected chi connectivity index (χ1v) is 8.26. The highest BCUT2D eigenvalue weighted by Gasteiger charge is 2.20. The molecule has 0 amide bonds. The minimum Gasteiger partial charge on any atom is -0.497 e. The second-order valence-corrected chi connectivity index (χ2v) is 5.95. The van der Waals surface area contributed by atoms with E-state index >= 15 is 0 Å². The molecule has 0 saturated carbocycles. The van der Waals surface area contributed by atoms with Gasteiger partial charge in [-0.15, -0.1) is 0 Å². The number of ether oxygens (including phenoxy) is 2. The van der Waals surface area contributed by atoms with Crippen LogP contribution in [-0.2, 0) is 7.05 Å². The summed E-state index contributed by atoms with van der Waals surface area (Å²) < 4.78 is 40.8. The number of aromatic nitrogens is 1. The van der Waals surface area contributed by atoms with Crippen molar-refractivity contribution in [1.82, 2.24) is 4.57 Å². The summed E-state index contributed by atoms with van der Waals surface area (Å²) in [6.07, 6.45) is 2.31. The van der Waals surface area contributed by atoms with Gasteiger partial charge in [0.05, 0.1) is 24.6 Å².